The highest BCUT2D eigenvalue weighted by atomic mass is 35.5. The van der Waals surface area contributed by atoms with Crippen LogP contribution in [-0.4, -0.2) is 45.8 Å². The second-order valence-corrected chi connectivity index (χ2v) is 4.86. The van der Waals surface area contributed by atoms with E-state index in [0.717, 1.165) is 17.0 Å². The van der Waals surface area contributed by atoms with Gasteiger partial charge in [-0.15, -0.1) is 0 Å². The van der Waals surface area contributed by atoms with Crippen LogP contribution < -0.4 is 5.32 Å². The van der Waals surface area contributed by atoms with Crippen LogP contribution in [0.25, 0.3) is 0 Å². The number of aliphatic carboxylic acids is 1. The van der Waals surface area contributed by atoms with Crippen molar-refractivity contribution in [2.24, 2.45) is 0 Å². The van der Waals surface area contributed by atoms with Gasteiger partial charge in [0.05, 0.1) is 16.8 Å². The summed E-state index contributed by atoms with van der Waals surface area (Å²) >= 11 is 5.81. The van der Waals surface area contributed by atoms with Crippen LogP contribution >= 0.6 is 11.6 Å². The van der Waals surface area contributed by atoms with Crippen LogP contribution in [-0.2, 0) is 4.79 Å². The molecule has 3 N–H and O–H groups in total. The first-order chi connectivity index (χ1) is 9.38. The standard InChI is InChI=1S/C12H12ClFN2O4/c13-8-2-1-6(14)3-9(8)15-12(20)16-5-7(17)4-10(16)11(18)19/h1-3,7,10,17H,4-5H2,(H,15,20)(H,18,19)/t7?,10-/m0/s1. The number of anilines is 1. The van der Waals surface area contributed by atoms with Crippen molar-refractivity contribution in [1.82, 2.24) is 4.90 Å². The van der Waals surface area contributed by atoms with Crippen molar-refractivity contribution in [3.05, 3.63) is 29.0 Å². The maximum atomic E-state index is 13.1. The van der Waals surface area contributed by atoms with Gasteiger partial charge in [-0.3, -0.25) is 0 Å². The van der Waals surface area contributed by atoms with Gasteiger partial charge in [0.1, 0.15) is 11.9 Å². The summed E-state index contributed by atoms with van der Waals surface area (Å²) in [5.41, 5.74) is 0.0437. The summed E-state index contributed by atoms with van der Waals surface area (Å²) in [5.74, 6) is -1.79. The molecule has 108 valence electrons. The highest BCUT2D eigenvalue weighted by Gasteiger charge is 2.39. The molecule has 8 heteroatoms. The van der Waals surface area contributed by atoms with Crippen LogP contribution in [0.4, 0.5) is 14.9 Å². The molecule has 0 radical (unpaired) electrons. The van der Waals surface area contributed by atoms with E-state index in [9.17, 15) is 19.1 Å². The molecule has 0 bridgehead atoms. The minimum atomic E-state index is -1.21. The SMILES string of the molecule is O=C(O)[C@@H]1CC(O)CN1C(=O)Nc1cc(F)ccc1Cl. The number of hydrogen-bond donors (Lipinski definition) is 3. The Morgan fingerprint density at radius 2 is 2.15 bits per heavy atom. The zero-order valence-electron chi connectivity index (χ0n) is 10.2. The van der Waals surface area contributed by atoms with E-state index in [0.29, 0.717) is 0 Å². The molecule has 1 aliphatic rings. The third-order valence-electron chi connectivity index (χ3n) is 2.99. The number of nitrogens with one attached hydrogen (secondary N) is 1. The van der Waals surface area contributed by atoms with E-state index < -0.39 is 30.0 Å². The zero-order chi connectivity index (χ0) is 14.9. The van der Waals surface area contributed by atoms with Gasteiger partial charge in [-0.05, 0) is 18.2 Å². The lowest BCUT2D eigenvalue weighted by atomic mass is 10.2. The third-order valence-corrected chi connectivity index (χ3v) is 3.32. The molecule has 2 amide bonds. The first kappa shape index (κ1) is 14.5. The molecule has 1 unspecified atom stereocenters. The number of carboxylic acids is 1. The molecule has 0 aromatic heterocycles. The van der Waals surface area contributed by atoms with Crippen LogP contribution in [0.3, 0.4) is 0 Å². The summed E-state index contributed by atoms with van der Waals surface area (Å²) in [7, 11) is 0. The molecule has 1 aromatic rings. The molecule has 0 aliphatic carbocycles. The molecule has 1 heterocycles. The Hall–Kier alpha value is -1.86. The summed E-state index contributed by atoms with van der Waals surface area (Å²) in [6, 6.07) is 1.58. The van der Waals surface area contributed by atoms with E-state index in [1.54, 1.807) is 0 Å². The number of hydrogen-bond acceptors (Lipinski definition) is 3. The Morgan fingerprint density at radius 1 is 1.45 bits per heavy atom. The normalized spacial score (nSPS) is 21.9. The predicted octanol–water partition coefficient (Wildman–Crippen LogP) is 1.53. The molecule has 1 saturated heterocycles. The first-order valence-electron chi connectivity index (χ1n) is 5.82. The lowest BCUT2D eigenvalue weighted by molar-refractivity contribution is -0.141. The number of rotatable bonds is 2. The number of benzene rings is 1. The fourth-order valence-electron chi connectivity index (χ4n) is 2.05. The molecule has 1 aliphatic heterocycles. The maximum absolute atomic E-state index is 13.1. The Bertz CT molecular complexity index is 554. The van der Waals surface area contributed by atoms with Crippen molar-refractivity contribution in [3.8, 4) is 0 Å². The summed E-state index contributed by atoms with van der Waals surface area (Å²) in [6.07, 6.45) is -0.940. The number of amides is 2. The van der Waals surface area contributed by atoms with Gasteiger partial charge in [-0.1, -0.05) is 11.6 Å². The number of aliphatic hydroxyl groups excluding tert-OH is 1. The van der Waals surface area contributed by atoms with Crippen LogP contribution in [0.1, 0.15) is 6.42 Å². The van der Waals surface area contributed by atoms with Gasteiger partial charge in [0.15, 0.2) is 0 Å². The Morgan fingerprint density at radius 3 is 2.80 bits per heavy atom. The number of carbonyl (C=O) groups excluding carboxylic acids is 1. The summed E-state index contributed by atoms with van der Waals surface area (Å²) in [6.45, 7) is -0.101. The monoisotopic (exact) mass is 302 g/mol. The number of β-amino-alcohol motifs (C(OH)–C–C–N with tert-alkyl or cyclic N) is 1. The average Bonchev–Trinajstić information content (AvgIpc) is 2.76. The number of likely N-dealkylation sites (tertiary alicyclic amines) is 1. The summed E-state index contributed by atoms with van der Waals surface area (Å²) < 4.78 is 13.1. The Balaban J connectivity index is 2.15. The number of halogens is 2. The highest BCUT2D eigenvalue weighted by molar-refractivity contribution is 6.33. The molecule has 2 atom stereocenters. The first-order valence-corrected chi connectivity index (χ1v) is 6.20. The Kier molecular flexibility index (Phi) is 4.10. The number of nitrogens with zero attached hydrogens (tertiary/aromatic N) is 1. The summed E-state index contributed by atoms with van der Waals surface area (Å²) in [4.78, 5) is 24.0. The van der Waals surface area contributed by atoms with E-state index >= 15 is 0 Å². The number of carboxylic acid groups (broad SMARTS) is 1. The minimum absolute atomic E-state index is 0.0420. The van der Waals surface area contributed by atoms with Crippen LogP contribution in [0.5, 0.6) is 0 Å². The van der Waals surface area contributed by atoms with E-state index in [4.69, 9.17) is 16.7 Å². The number of carbonyl (C=O) groups is 2. The average molecular weight is 303 g/mol. The van der Waals surface area contributed by atoms with Crippen molar-refractivity contribution in [2.75, 3.05) is 11.9 Å². The molecular formula is C12H12ClFN2O4. The second kappa shape index (κ2) is 5.64. The van der Waals surface area contributed by atoms with Crippen molar-refractivity contribution >= 4 is 29.3 Å². The molecule has 0 saturated carbocycles. The van der Waals surface area contributed by atoms with Crippen molar-refractivity contribution in [3.63, 3.8) is 0 Å². The van der Waals surface area contributed by atoms with E-state index in [2.05, 4.69) is 5.32 Å². The second-order valence-electron chi connectivity index (χ2n) is 4.45. The van der Waals surface area contributed by atoms with Crippen LogP contribution in [0, 0.1) is 5.82 Å². The minimum Gasteiger partial charge on any atom is -0.480 e. The van der Waals surface area contributed by atoms with Gasteiger partial charge in [-0.2, -0.15) is 0 Å². The molecule has 1 fully saturated rings. The smallest absolute Gasteiger partial charge is 0.326 e. The van der Waals surface area contributed by atoms with Gasteiger partial charge >= 0.3 is 12.0 Å². The van der Waals surface area contributed by atoms with E-state index in [1.807, 2.05) is 0 Å². The lowest BCUT2D eigenvalue weighted by Gasteiger charge is -2.21. The molecule has 6 nitrogen and oxygen atoms in total. The zero-order valence-corrected chi connectivity index (χ0v) is 11.0. The van der Waals surface area contributed by atoms with Crippen LogP contribution in [0.2, 0.25) is 5.02 Å². The molecule has 0 spiro atoms. The van der Waals surface area contributed by atoms with Gasteiger partial charge in [0, 0.05) is 13.0 Å². The van der Waals surface area contributed by atoms with Gasteiger partial charge in [-0.25, -0.2) is 14.0 Å². The van der Waals surface area contributed by atoms with E-state index in [1.165, 1.54) is 6.07 Å². The molecular weight excluding hydrogens is 291 g/mol. The van der Waals surface area contributed by atoms with Gasteiger partial charge < -0.3 is 20.4 Å². The molecule has 1 aromatic carbocycles. The fraction of sp³-hybridized carbons (Fsp3) is 0.333. The maximum Gasteiger partial charge on any atom is 0.326 e. The topological polar surface area (TPSA) is 89.9 Å². The number of aliphatic hydroxyl groups is 1. The van der Waals surface area contributed by atoms with Gasteiger partial charge in [0.25, 0.3) is 0 Å². The van der Waals surface area contributed by atoms with Crippen molar-refractivity contribution in [2.45, 2.75) is 18.6 Å². The quantitative estimate of drug-likeness (QED) is 0.773. The fourth-order valence-corrected chi connectivity index (χ4v) is 2.22. The highest BCUT2D eigenvalue weighted by Crippen LogP contribution is 2.25. The lowest BCUT2D eigenvalue weighted by Crippen LogP contribution is -2.43. The van der Waals surface area contributed by atoms with Crippen LogP contribution in [0.15, 0.2) is 18.2 Å². The van der Waals surface area contributed by atoms with Gasteiger partial charge in [0.2, 0.25) is 0 Å². The third kappa shape index (κ3) is 3.00. The molecule has 20 heavy (non-hydrogen) atoms. The van der Waals surface area contributed by atoms with Crippen molar-refractivity contribution < 1.29 is 24.2 Å². The summed E-state index contributed by atoms with van der Waals surface area (Å²) in [5, 5.41) is 20.9. The molecule has 2 rings (SSSR count). The van der Waals surface area contributed by atoms with E-state index in [-0.39, 0.29) is 23.7 Å². The largest absolute Gasteiger partial charge is 0.480 e. The van der Waals surface area contributed by atoms with Crippen molar-refractivity contribution in [1.29, 1.82) is 0 Å². The Labute approximate surface area is 118 Å². The predicted molar refractivity (Wildman–Crippen MR) is 69.2 cm³/mol. The number of urea groups is 1.